The van der Waals surface area contributed by atoms with E-state index in [9.17, 15) is 4.79 Å². The number of ether oxygens (including phenoxy) is 2. The molecule has 1 N–H and O–H groups in total. The van der Waals surface area contributed by atoms with Crippen molar-refractivity contribution in [3.8, 4) is 11.5 Å². The molecule has 0 aliphatic carbocycles. The van der Waals surface area contributed by atoms with E-state index in [1.165, 1.54) is 11.8 Å². The predicted octanol–water partition coefficient (Wildman–Crippen LogP) is 2.46. The van der Waals surface area contributed by atoms with Crippen molar-refractivity contribution in [1.82, 2.24) is 5.32 Å². The highest BCUT2D eigenvalue weighted by Gasteiger charge is 2.11. The maximum Gasteiger partial charge on any atom is 0.230 e. The lowest BCUT2D eigenvalue weighted by molar-refractivity contribution is -0.119. The number of carbonyl (C=O) groups is 1. The summed E-state index contributed by atoms with van der Waals surface area (Å²) in [6.07, 6.45) is 0.897. The Balaban J connectivity index is 1.94. The molecule has 1 aromatic rings. The summed E-state index contributed by atoms with van der Waals surface area (Å²) in [6.45, 7) is 5.28. The van der Waals surface area contributed by atoms with Crippen LogP contribution in [0.15, 0.2) is 23.1 Å². The number of nitrogens with one attached hydrogen (secondary N) is 1. The first-order valence-corrected chi connectivity index (χ1v) is 7.45. The van der Waals surface area contributed by atoms with Gasteiger partial charge in [-0.3, -0.25) is 4.79 Å². The Morgan fingerprint density at radius 2 is 2.05 bits per heavy atom. The van der Waals surface area contributed by atoms with E-state index in [-0.39, 0.29) is 11.9 Å². The first-order chi connectivity index (χ1) is 9.15. The first kappa shape index (κ1) is 14.1. The smallest absolute Gasteiger partial charge is 0.230 e. The summed E-state index contributed by atoms with van der Waals surface area (Å²) < 4.78 is 11.2. The zero-order valence-corrected chi connectivity index (χ0v) is 12.1. The number of rotatable bonds is 4. The molecule has 1 aromatic carbocycles. The molecule has 19 heavy (non-hydrogen) atoms. The second-order valence-electron chi connectivity index (χ2n) is 4.67. The second-order valence-corrected chi connectivity index (χ2v) is 5.72. The van der Waals surface area contributed by atoms with E-state index in [1.54, 1.807) is 0 Å². The van der Waals surface area contributed by atoms with Gasteiger partial charge in [0.25, 0.3) is 0 Å². The van der Waals surface area contributed by atoms with E-state index in [1.807, 2.05) is 32.0 Å². The predicted molar refractivity (Wildman–Crippen MR) is 76.1 cm³/mol. The van der Waals surface area contributed by atoms with Gasteiger partial charge in [-0.15, -0.1) is 11.8 Å². The number of hydrogen-bond acceptors (Lipinski definition) is 4. The summed E-state index contributed by atoms with van der Waals surface area (Å²) in [5, 5.41) is 2.87. The molecule has 0 bridgehead atoms. The number of benzene rings is 1. The Hall–Kier alpha value is -1.36. The van der Waals surface area contributed by atoms with Gasteiger partial charge in [-0.1, -0.05) is 0 Å². The maximum absolute atomic E-state index is 11.6. The topological polar surface area (TPSA) is 47.6 Å². The summed E-state index contributed by atoms with van der Waals surface area (Å²) in [6, 6.07) is 5.98. The molecule has 1 heterocycles. The van der Waals surface area contributed by atoms with Gasteiger partial charge >= 0.3 is 0 Å². The lowest BCUT2D eigenvalue weighted by atomic mass is 10.3. The first-order valence-electron chi connectivity index (χ1n) is 6.47. The number of amides is 1. The molecule has 0 aromatic heterocycles. The molecule has 0 saturated heterocycles. The molecule has 0 fully saturated rings. The number of thioether (sulfide) groups is 1. The third-order valence-corrected chi connectivity index (χ3v) is 3.53. The number of hydrogen-bond donors (Lipinski definition) is 1. The molecule has 4 nitrogen and oxygen atoms in total. The molecule has 0 spiro atoms. The SMILES string of the molecule is CC(C)NC(=O)CSc1ccc2c(c1)OCCCO2. The molecule has 0 radical (unpaired) electrons. The monoisotopic (exact) mass is 281 g/mol. The highest BCUT2D eigenvalue weighted by atomic mass is 32.2. The van der Waals surface area contributed by atoms with Gasteiger partial charge in [-0.2, -0.15) is 0 Å². The molecule has 0 unspecified atom stereocenters. The standard InChI is InChI=1S/C14H19NO3S/c1-10(2)15-14(16)9-19-11-4-5-12-13(8-11)18-7-3-6-17-12/h4-5,8,10H,3,6-7,9H2,1-2H3,(H,15,16). The van der Waals surface area contributed by atoms with Crippen LogP contribution in [0.1, 0.15) is 20.3 Å². The van der Waals surface area contributed by atoms with Gasteiger partial charge in [0.2, 0.25) is 5.91 Å². The van der Waals surface area contributed by atoms with Gasteiger partial charge in [0.1, 0.15) is 0 Å². The molecule has 104 valence electrons. The summed E-state index contributed by atoms with van der Waals surface area (Å²) >= 11 is 1.50. The Bertz CT molecular complexity index is 448. The Kier molecular flexibility index (Phi) is 4.96. The van der Waals surface area contributed by atoms with Crippen LogP contribution in [-0.4, -0.2) is 30.9 Å². The van der Waals surface area contributed by atoms with Crippen molar-refractivity contribution in [1.29, 1.82) is 0 Å². The highest BCUT2D eigenvalue weighted by molar-refractivity contribution is 8.00. The highest BCUT2D eigenvalue weighted by Crippen LogP contribution is 2.33. The van der Waals surface area contributed by atoms with Crippen LogP contribution in [0, 0.1) is 0 Å². The molecule has 1 aliphatic rings. The van der Waals surface area contributed by atoms with Crippen LogP contribution in [0.4, 0.5) is 0 Å². The van der Waals surface area contributed by atoms with E-state index in [0.717, 1.165) is 22.8 Å². The minimum Gasteiger partial charge on any atom is -0.490 e. The molecule has 2 rings (SSSR count). The van der Waals surface area contributed by atoms with Gasteiger partial charge in [0.05, 0.1) is 19.0 Å². The lowest BCUT2D eigenvalue weighted by Gasteiger charge is -2.10. The summed E-state index contributed by atoms with van der Waals surface area (Å²) in [5.41, 5.74) is 0. The van der Waals surface area contributed by atoms with Gasteiger partial charge in [0, 0.05) is 17.4 Å². The molecular formula is C14H19NO3S. The minimum absolute atomic E-state index is 0.0483. The zero-order chi connectivity index (χ0) is 13.7. The largest absolute Gasteiger partial charge is 0.490 e. The van der Waals surface area contributed by atoms with Crippen LogP contribution in [0.25, 0.3) is 0 Å². The summed E-state index contributed by atoms with van der Waals surface area (Å²) in [7, 11) is 0. The van der Waals surface area contributed by atoms with Gasteiger partial charge in [-0.25, -0.2) is 0 Å². The van der Waals surface area contributed by atoms with Crippen LogP contribution in [0.5, 0.6) is 11.5 Å². The third kappa shape index (κ3) is 4.35. The summed E-state index contributed by atoms with van der Waals surface area (Å²) in [5.74, 6) is 2.02. The maximum atomic E-state index is 11.6. The van der Waals surface area contributed by atoms with Gasteiger partial charge in [-0.05, 0) is 32.0 Å². The van der Waals surface area contributed by atoms with E-state index in [0.29, 0.717) is 19.0 Å². The van der Waals surface area contributed by atoms with Gasteiger partial charge < -0.3 is 14.8 Å². The molecule has 5 heteroatoms. The fraction of sp³-hybridized carbons (Fsp3) is 0.500. The van der Waals surface area contributed by atoms with E-state index in [4.69, 9.17) is 9.47 Å². The lowest BCUT2D eigenvalue weighted by Crippen LogP contribution is -2.31. The van der Waals surface area contributed by atoms with Crippen molar-refractivity contribution in [2.24, 2.45) is 0 Å². The van der Waals surface area contributed by atoms with Crippen molar-refractivity contribution >= 4 is 17.7 Å². The second kappa shape index (κ2) is 6.70. The number of carbonyl (C=O) groups excluding carboxylic acids is 1. The van der Waals surface area contributed by atoms with Crippen molar-refractivity contribution < 1.29 is 14.3 Å². The van der Waals surface area contributed by atoms with Crippen LogP contribution in [0.3, 0.4) is 0 Å². The molecule has 1 amide bonds. The van der Waals surface area contributed by atoms with E-state index < -0.39 is 0 Å². The van der Waals surface area contributed by atoms with E-state index >= 15 is 0 Å². The third-order valence-electron chi connectivity index (χ3n) is 2.54. The van der Waals surface area contributed by atoms with Crippen molar-refractivity contribution in [2.75, 3.05) is 19.0 Å². The molecule has 0 saturated carbocycles. The average Bonchev–Trinajstić information content (AvgIpc) is 2.60. The molecule has 0 atom stereocenters. The Labute approximate surface area is 117 Å². The van der Waals surface area contributed by atoms with Crippen molar-refractivity contribution in [3.05, 3.63) is 18.2 Å². The fourth-order valence-corrected chi connectivity index (χ4v) is 2.48. The molecule has 1 aliphatic heterocycles. The Morgan fingerprint density at radius 3 is 2.79 bits per heavy atom. The number of fused-ring (bicyclic) bond motifs is 1. The minimum atomic E-state index is 0.0483. The van der Waals surface area contributed by atoms with Crippen LogP contribution in [-0.2, 0) is 4.79 Å². The summed E-state index contributed by atoms with van der Waals surface area (Å²) in [4.78, 5) is 12.6. The van der Waals surface area contributed by atoms with Crippen LogP contribution in [0.2, 0.25) is 0 Å². The average molecular weight is 281 g/mol. The molecular weight excluding hydrogens is 262 g/mol. The van der Waals surface area contributed by atoms with Gasteiger partial charge in [0.15, 0.2) is 11.5 Å². The fourth-order valence-electron chi connectivity index (χ4n) is 1.75. The Morgan fingerprint density at radius 1 is 1.32 bits per heavy atom. The normalized spacial score (nSPS) is 14.1. The zero-order valence-electron chi connectivity index (χ0n) is 11.3. The van der Waals surface area contributed by atoms with Crippen LogP contribution < -0.4 is 14.8 Å². The van der Waals surface area contributed by atoms with Crippen LogP contribution >= 0.6 is 11.8 Å². The quantitative estimate of drug-likeness (QED) is 0.861. The van der Waals surface area contributed by atoms with Crippen molar-refractivity contribution in [3.63, 3.8) is 0 Å². The van der Waals surface area contributed by atoms with E-state index in [2.05, 4.69) is 5.32 Å². The van der Waals surface area contributed by atoms with Crippen molar-refractivity contribution in [2.45, 2.75) is 31.2 Å².